The molecule has 0 saturated heterocycles. The van der Waals surface area contributed by atoms with E-state index in [-0.39, 0.29) is 16.4 Å². The maximum Gasteiger partial charge on any atom is 0.216 e. The Morgan fingerprint density at radius 2 is 1.60 bits per heavy atom. The third-order valence-electron chi connectivity index (χ3n) is 10.7. The molecule has 0 N–H and O–H groups in total. The zero-order valence-corrected chi connectivity index (χ0v) is 29.4. The van der Waals surface area contributed by atoms with Gasteiger partial charge in [-0.15, -0.1) is 0 Å². The fraction of sp³-hybridized carbons (Fsp3) is 0.429. The van der Waals surface area contributed by atoms with Gasteiger partial charge in [0, 0.05) is 23.2 Å². The molecule has 1 aromatic heterocycles. The molecule has 5 heteroatoms. The first-order valence-electron chi connectivity index (χ1n) is 17.4. The minimum Gasteiger partial charge on any atom is -0.475 e. The van der Waals surface area contributed by atoms with Crippen LogP contribution in [-0.2, 0) is 15.6 Å². The number of pyridine rings is 1. The fourth-order valence-electron chi connectivity index (χ4n) is 7.70. The molecule has 3 heterocycles. The van der Waals surface area contributed by atoms with Crippen molar-refractivity contribution in [2.75, 3.05) is 11.5 Å². The van der Waals surface area contributed by atoms with E-state index in [0.29, 0.717) is 18.4 Å². The third kappa shape index (κ3) is 5.72. The first-order valence-corrected chi connectivity index (χ1v) is 17.4. The summed E-state index contributed by atoms with van der Waals surface area (Å²) in [4.78, 5) is 12.4. The van der Waals surface area contributed by atoms with Gasteiger partial charge in [0.05, 0.1) is 16.9 Å². The van der Waals surface area contributed by atoms with Gasteiger partial charge in [0.2, 0.25) is 5.90 Å². The predicted molar refractivity (Wildman–Crippen MR) is 193 cm³/mol. The Morgan fingerprint density at radius 3 is 2.34 bits per heavy atom. The highest BCUT2D eigenvalue weighted by atomic mass is 16.5. The molecule has 1 atom stereocenters. The van der Waals surface area contributed by atoms with Gasteiger partial charge in [0.25, 0.3) is 0 Å². The number of aliphatic imine (C=N–C) groups is 1. The van der Waals surface area contributed by atoms with Crippen LogP contribution in [0.15, 0.2) is 84.0 Å². The molecule has 0 spiro atoms. The van der Waals surface area contributed by atoms with Gasteiger partial charge in [-0.1, -0.05) is 85.6 Å². The van der Waals surface area contributed by atoms with Crippen LogP contribution >= 0.6 is 0 Å². The number of anilines is 3. The molecule has 47 heavy (non-hydrogen) atoms. The molecule has 244 valence electrons. The third-order valence-corrected chi connectivity index (χ3v) is 10.7. The maximum absolute atomic E-state index is 6.75. The monoisotopic (exact) mass is 627 g/mol. The summed E-state index contributed by atoms with van der Waals surface area (Å²) >= 11 is 0. The molecule has 0 bridgehead atoms. The van der Waals surface area contributed by atoms with E-state index >= 15 is 0 Å². The molecule has 0 radical (unpaired) electrons. The lowest BCUT2D eigenvalue weighted by molar-refractivity contribution is 0.207. The Hall–Kier alpha value is -4.12. The largest absolute Gasteiger partial charge is 0.475 e. The van der Waals surface area contributed by atoms with E-state index in [1.54, 1.807) is 0 Å². The number of nitrogens with zero attached hydrogens (tertiary/aromatic N) is 3. The summed E-state index contributed by atoms with van der Waals surface area (Å²) in [7, 11) is 0. The van der Waals surface area contributed by atoms with Crippen molar-refractivity contribution >= 4 is 23.1 Å². The second-order valence-corrected chi connectivity index (χ2v) is 15.9. The van der Waals surface area contributed by atoms with Crippen molar-refractivity contribution in [3.8, 4) is 11.5 Å². The van der Waals surface area contributed by atoms with Gasteiger partial charge in [-0.2, -0.15) is 0 Å². The van der Waals surface area contributed by atoms with E-state index in [0.717, 1.165) is 40.2 Å². The van der Waals surface area contributed by atoms with Crippen LogP contribution in [0.1, 0.15) is 115 Å². The van der Waals surface area contributed by atoms with Crippen molar-refractivity contribution in [2.45, 2.75) is 103 Å². The molecule has 2 aliphatic heterocycles. The van der Waals surface area contributed by atoms with Gasteiger partial charge in [0.1, 0.15) is 23.9 Å². The van der Waals surface area contributed by atoms with Crippen LogP contribution in [0.2, 0.25) is 0 Å². The standard InChI is InChI=1S/C42H49N3O2/c1-27(2)28-21-29(39-44-42(8,26-46-39)30-13-9-10-14-30)23-33(22-28)47-32-17-18-35-37(25-32)45(36-16-12-11-15-34(36)41(35,6)7)38-24-31(19-20-43-38)40(3,4)5/h11-12,15-25,27,30H,9-10,13-14,26H2,1-8H3/t42-/m0/s1. The van der Waals surface area contributed by atoms with Crippen LogP contribution in [0.4, 0.5) is 17.2 Å². The van der Waals surface area contributed by atoms with Gasteiger partial charge in [-0.3, -0.25) is 4.90 Å². The number of hydrogen-bond donors (Lipinski definition) is 0. The molecule has 0 amide bonds. The number of fused-ring (bicyclic) bond motifs is 2. The zero-order chi connectivity index (χ0) is 33.1. The molecule has 7 rings (SSSR count). The normalized spacial score (nSPS) is 20.5. The highest BCUT2D eigenvalue weighted by Gasteiger charge is 2.41. The smallest absolute Gasteiger partial charge is 0.216 e. The second kappa shape index (κ2) is 11.5. The number of hydrogen-bond acceptors (Lipinski definition) is 5. The van der Waals surface area contributed by atoms with E-state index < -0.39 is 0 Å². The molecule has 1 aliphatic carbocycles. The van der Waals surface area contributed by atoms with Crippen LogP contribution in [0.5, 0.6) is 11.5 Å². The topological polar surface area (TPSA) is 47.0 Å². The van der Waals surface area contributed by atoms with Gasteiger partial charge in [-0.05, 0) is 102 Å². The number of ether oxygens (including phenoxy) is 2. The summed E-state index contributed by atoms with van der Waals surface area (Å²) in [5.41, 5.74) is 7.85. The minimum absolute atomic E-state index is 0.00105. The van der Waals surface area contributed by atoms with Gasteiger partial charge in [-0.25, -0.2) is 9.98 Å². The highest BCUT2D eigenvalue weighted by Crippen LogP contribution is 2.52. The summed E-state index contributed by atoms with van der Waals surface area (Å²) in [6, 6.07) is 26.0. The van der Waals surface area contributed by atoms with Crippen molar-refractivity contribution < 1.29 is 9.47 Å². The van der Waals surface area contributed by atoms with Crippen molar-refractivity contribution in [1.29, 1.82) is 0 Å². The Bertz CT molecular complexity index is 1840. The summed E-state index contributed by atoms with van der Waals surface area (Å²) in [6.07, 6.45) is 7.01. The highest BCUT2D eigenvalue weighted by molar-refractivity contribution is 5.96. The molecular formula is C42H49N3O2. The molecule has 0 unspecified atom stereocenters. The zero-order valence-electron chi connectivity index (χ0n) is 29.4. The van der Waals surface area contributed by atoms with E-state index in [4.69, 9.17) is 19.5 Å². The predicted octanol–water partition coefficient (Wildman–Crippen LogP) is 11.1. The van der Waals surface area contributed by atoms with Crippen LogP contribution in [0, 0.1) is 5.92 Å². The molecule has 1 fully saturated rings. The minimum atomic E-state index is -0.197. The quantitative estimate of drug-likeness (QED) is 0.213. The molecule has 1 saturated carbocycles. The number of aromatic nitrogens is 1. The van der Waals surface area contributed by atoms with E-state index in [9.17, 15) is 0 Å². The number of para-hydroxylation sites is 1. The van der Waals surface area contributed by atoms with E-state index in [1.807, 2.05) is 6.20 Å². The van der Waals surface area contributed by atoms with Gasteiger partial charge >= 0.3 is 0 Å². The summed E-state index contributed by atoms with van der Waals surface area (Å²) < 4.78 is 13.1. The van der Waals surface area contributed by atoms with Crippen LogP contribution < -0.4 is 9.64 Å². The fourth-order valence-corrected chi connectivity index (χ4v) is 7.70. The molecular weight excluding hydrogens is 578 g/mol. The Morgan fingerprint density at radius 1 is 0.851 bits per heavy atom. The van der Waals surface area contributed by atoms with Crippen molar-refractivity contribution in [2.24, 2.45) is 10.9 Å². The average Bonchev–Trinajstić information content (AvgIpc) is 3.72. The Kier molecular flexibility index (Phi) is 7.73. The SMILES string of the molecule is CC(C)c1cc(Oc2ccc3c(c2)N(c2cc(C(C)(C)C)ccn2)c2ccccc2C3(C)C)cc(C2=N[C@](C)(C3CCCC3)CO2)c1. The average molecular weight is 628 g/mol. The lowest BCUT2D eigenvalue weighted by atomic mass is 9.73. The van der Waals surface area contributed by atoms with E-state index in [2.05, 4.69) is 133 Å². The number of benzene rings is 3. The second-order valence-electron chi connectivity index (χ2n) is 15.9. The van der Waals surface area contributed by atoms with Crippen molar-refractivity contribution in [3.05, 3.63) is 107 Å². The molecule has 3 aliphatic rings. The first-order chi connectivity index (χ1) is 22.3. The van der Waals surface area contributed by atoms with Gasteiger partial charge in [0.15, 0.2) is 0 Å². The van der Waals surface area contributed by atoms with Crippen molar-refractivity contribution in [1.82, 2.24) is 4.98 Å². The Balaban J connectivity index is 1.30. The summed E-state index contributed by atoms with van der Waals surface area (Å²) in [5, 5.41) is 0. The maximum atomic E-state index is 6.75. The van der Waals surface area contributed by atoms with Gasteiger partial charge < -0.3 is 9.47 Å². The lowest BCUT2D eigenvalue weighted by Gasteiger charge is -2.41. The van der Waals surface area contributed by atoms with Crippen LogP contribution in [0.3, 0.4) is 0 Å². The summed E-state index contributed by atoms with van der Waals surface area (Å²) in [5.74, 6) is 4.15. The van der Waals surface area contributed by atoms with E-state index in [1.165, 1.54) is 47.9 Å². The molecule has 4 aromatic rings. The number of rotatable bonds is 6. The van der Waals surface area contributed by atoms with Crippen molar-refractivity contribution in [3.63, 3.8) is 0 Å². The first kappa shape index (κ1) is 31.5. The Labute approximate surface area is 281 Å². The lowest BCUT2D eigenvalue weighted by Crippen LogP contribution is -2.32. The van der Waals surface area contributed by atoms with Crippen LogP contribution in [0.25, 0.3) is 0 Å². The molecule has 5 nitrogen and oxygen atoms in total. The molecule has 3 aromatic carbocycles. The summed E-state index contributed by atoms with van der Waals surface area (Å²) in [6.45, 7) is 18.7. The van der Waals surface area contributed by atoms with Crippen LogP contribution in [-0.4, -0.2) is 23.0 Å².